The standard InChI is InChI=1S/C30H33N3O4S/c1-19-15-23(22-3-2-4-25(16-22)38(36,37)24-8-9-24)7-10-26(19)27-31-30(12-13-30)29(35)33(27)18-20-11-14-32(17-20)28(34)21-5-6-21/h2-4,7,10,15-16,20-21,24H,5-6,8-9,11-14,17-18H2,1H3/t20-/m1/s1. The number of carbonyl (C=O) groups excluding carboxylic acids is 2. The Kier molecular flexibility index (Phi) is 5.38. The lowest BCUT2D eigenvalue weighted by atomic mass is 9.98. The number of aliphatic imine (C=N–C) groups is 1. The minimum Gasteiger partial charge on any atom is -0.342 e. The number of nitrogens with zero attached hydrogens (tertiary/aromatic N) is 3. The zero-order valence-corrected chi connectivity index (χ0v) is 22.5. The van der Waals surface area contributed by atoms with Crippen molar-refractivity contribution >= 4 is 27.5 Å². The van der Waals surface area contributed by atoms with Crippen LogP contribution in [0.5, 0.6) is 0 Å². The summed E-state index contributed by atoms with van der Waals surface area (Å²) in [5.41, 5.74) is 3.17. The fraction of sp³-hybridized carbons (Fsp3) is 0.500. The molecular weight excluding hydrogens is 498 g/mol. The molecule has 38 heavy (non-hydrogen) atoms. The van der Waals surface area contributed by atoms with Crippen molar-refractivity contribution in [1.29, 1.82) is 0 Å². The van der Waals surface area contributed by atoms with E-state index in [0.29, 0.717) is 11.4 Å². The molecule has 2 aliphatic heterocycles. The number of hydrogen-bond acceptors (Lipinski definition) is 5. The lowest BCUT2D eigenvalue weighted by Gasteiger charge is -2.24. The van der Waals surface area contributed by atoms with E-state index in [9.17, 15) is 18.0 Å². The third kappa shape index (κ3) is 4.08. The smallest absolute Gasteiger partial charge is 0.256 e. The third-order valence-electron chi connectivity index (χ3n) is 8.83. The van der Waals surface area contributed by atoms with Crippen LogP contribution in [0.2, 0.25) is 0 Å². The van der Waals surface area contributed by atoms with Crippen LogP contribution >= 0.6 is 0 Å². The van der Waals surface area contributed by atoms with E-state index in [-0.39, 0.29) is 28.9 Å². The summed E-state index contributed by atoms with van der Waals surface area (Å²) >= 11 is 0. The van der Waals surface area contributed by atoms with E-state index >= 15 is 0 Å². The van der Waals surface area contributed by atoms with Crippen molar-refractivity contribution in [3.05, 3.63) is 53.6 Å². The molecule has 8 heteroatoms. The zero-order chi connectivity index (χ0) is 26.2. The van der Waals surface area contributed by atoms with Crippen LogP contribution in [0, 0.1) is 18.8 Å². The van der Waals surface area contributed by atoms with Gasteiger partial charge in [-0.1, -0.05) is 30.3 Å². The van der Waals surface area contributed by atoms with Gasteiger partial charge in [-0.15, -0.1) is 0 Å². The summed E-state index contributed by atoms with van der Waals surface area (Å²) in [6, 6.07) is 13.3. The highest BCUT2D eigenvalue weighted by atomic mass is 32.2. The summed E-state index contributed by atoms with van der Waals surface area (Å²) in [7, 11) is -3.26. The molecule has 1 atom stereocenters. The van der Waals surface area contributed by atoms with Gasteiger partial charge in [0.2, 0.25) is 5.91 Å². The SMILES string of the molecule is Cc1cc(-c2cccc(S(=O)(=O)C3CC3)c2)ccc1C1=NC2(CC2)C(=O)N1C[C@@H]1CCN(C(=O)C2CC2)C1. The van der Waals surface area contributed by atoms with Gasteiger partial charge in [-0.2, -0.15) is 0 Å². The average molecular weight is 532 g/mol. The van der Waals surface area contributed by atoms with Crippen molar-refractivity contribution in [3.8, 4) is 11.1 Å². The summed E-state index contributed by atoms with van der Waals surface area (Å²) in [6.07, 6.45) is 6.02. The number of sulfone groups is 1. The Morgan fingerprint density at radius 1 is 1.03 bits per heavy atom. The Morgan fingerprint density at radius 2 is 1.79 bits per heavy atom. The highest BCUT2D eigenvalue weighted by molar-refractivity contribution is 7.92. The molecule has 2 aromatic carbocycles. The molecule has 0 aromatic heterocycles. The maximum absolute atomic E-state index is 13.5. The number of carbonyl (C=O) groups is 2. The van der Waals surface area contributed by atoms with Crippen LogP contribution in [0.15, 0.2) is 52.4 Å². The molecule has 0 N–H and O–H groups in total. The van der Waals surface area contributed by atoms with E-state index in [0.717, 1.165) is 86.1 Å². The van der Waals surface area contributed by atoms with Crippen molar-refractivity contribution < 1.29 is 18.0 Å². The number of aryl methyl sites for hydroxylation is 1. The lowest BCUT2D eigenvalue weighted by Crippen LogP contribution is -2.41. The number of hydrogen-bond donors (Lipinski definition) is 0. The highest BCUT2D eigenvalue weighted by Gasteiger charge is 2.57. The summed E-state index contributed by atoms with van der Waals surface area (Å²) in [5.74, 6) is 1.61. The molecule has 2 heterocycles. The maximum atomic E-state index is 13.5. The first kappa shape index (κ1) is 24.1. The third-order valence-corrected chi connectivity index (χ3v) is 11.1. The van der Waals surface area contributed by atoms with Gasteiger partial charge in [0.25, 0.3) is 5.91 Å². The number of rotatable bonds is 7. The van der Waals surface area contributed by atoms with Crippen LogP contribution in [0.25, 0.3) is 11.1 Å². The summed E-state index contributed by atoms with van der Waals surface area (Å²) in [4.78, 5) is 35.2. The van der Waals surface area contributed by atoms with Gasteiger partial charge in [0, 0.05) is 31.1 Å². The van der Waals surface area contributed by atoms with Crippen LogP contribution in [-0.2, 0) is 19.4 Å². The lowest BCUT2D eigenvalue weighted by molar-refractivity contribution is -0.131. The Hall–Kier alpha value is -3.00. The van der Waals surface area contributed by atoms with Gasteiger partial charge in [0.1, 0.15) is 11.4 Å². The molecule has 4 fully saturated rings. The topological polar surface area (TPSA) is 87.1 Å². The minimum atomic E-state index is -3.26. The molecule has 2 aromatic rings. The molecule has 0 bridgehead atoms. The van der Waals surface area contributed by atoms with Gasteiger partial charge in [-0.25, -0.2) is 8.42 Å². The van der Waals surface area contributed by atoms with E-state index in [4.69, 9.17) is 4.99 Å². The second-order valence-electron chi connectivity index (χ2n) is 11.9. The Labute approximate surface area is 223 Å². The van der Waals surface area contributed by atoms with Gasteiger partial charge in [0.05, 0.1) is 10.1 Å². The number of amides is 2. The quantitative estimate of drug-likeness (QED) is 0.541. The van der Waals surface area contributed by atoms with Crippen molar-refractivity contribution in [2.45, 2.75) is 67.6 Å². The van der Waals surface area contributed by atoms with Crippen LogP contribution in [0.1, 0.15) is 56.1 Å². The Balaban J connectivity index is 1.14. The number of likely N-dealkylation sites (tertiary alicyclic amines) is 1. The molecule has 198 valence electrons. The van der Waals surface area contributed by atoms with E-state index in [1.54, 1.807) is 12.1 Å². The molecular formula is C30H33N3O4S. The fourth-order valence-electron chi connectivity index (χ4n) is 6.02. The predicted molar refractivity (Wildman–Crippen MR) is 144 cm³/mol. The maximum Gasteiger partial charge on any atom is 0.256 e. The molecule has 0 radical (unpaired) electrons. The molecule has 1 saturated heterocycles. The van der Waals surface area contributed by atoms with Crippen molar-refractivity contribution in [2.75, 3.05) is 19.6 Å². The first-order chi connectivity index (χ1) is 18.2. The van der Waals surface area contributed by atoms with Crippen molar-refractivity contribution in [3.63, 3.8) is 0 Å². The van der Waals surface area contributed by atoms with Crippen LogP contribution in [0.3, 0.4) is 0 Å². The second kappa shape index (κ2) is 8.50. The van der Waals surface area contributed by atoms with Gasteiger partial charge in [-0.05, 0) is 86.6 Å². The fourth-order valence-corrected chi connectivity index (χ4v) is 7.72. The summed E-state index contributed by atoms with van der Waals surface area (Å²) < 4.78 is 25.5. The van der Waals surface area contributed by atoms with E-state index in [2.05, 4.69) is 6.07 Å². The molecule has 5 aliphatic rings. The van der Waals surface area contributed by atoms with Crippen LogP contribution < -0.4 is 0 Å². The highest BCUT2D eigenvalue weighted by Crippen LogP contribution is 2.47. The van der Waals surface area contributed by atoms with Gasteiger partial charge in [0.15, 0.2) is 9.84 Å². The average Bonchev–Trinajstić information content (AvgIpc) is 3.78. The first-order valence-corrected chi connectivity index (χ1v) is 15.5. The van der Waals surface area contributed by atoms with Crippen LogP contribution in [-0.4, -0.2) is 66.3 Å². The predicted octanol–water partition coefficient (Wildman–Crippen LogP) is 3.98. The molecule has 2 amide bonds. The molecule has 7 rings (SSSR count). The van der Waals surface area contributed by atoms with Gasteiger partial charge >= 0.3 is 0 Å². The first-order valence-electron chi connectivity index (χ1n) is 13.9. The summed E-state index contributed by atoms with van der Waals surface area (Å²) in [6.45, 7) is 4.12. The monoisotopic (exact) mass is 531 g/mol. The second-order valence-corrected chi connectivity index (χ2v) is 14.1. The van der Waals surface area contributed by atoms with Crippen molar-refractivity contribution in [2.24, 2.45) is 16.8 Å². The minimum absolute atomic E-state index is 0.0981. The van der Waals surface area contributed by atoms with Crippen molar-refractivity contribution in [1.82, 2.24) is 9.80 Å². The van der Waals surface area contributed by atoms with Gasteiger partial charge in [-0.3, -0.25) is 19.5 Å². The summed E-state index contributed by atoms with van der Waals surface area (Å²) in [5, 5.41) is -0.237. The van der Waals surface area contributed by atoms with E-state index in [1.807, 2.05) is 41.0 Å². The molecule has 1 spiro atoms. The number of amidine groups is 1. The largest absolute Gasteiger partial charge is 0.342 e. The van der Waals surface area contributed by atoms with Gasteiger partial charge < -0.3 is 4.90 Å². The Bertz CT molecular complexity index is 1480. The molecule has 7 nitrogen and oxygen atoms in total. The van der Waals surface area contributed by atoms with E-state index in [1.165, 1.54) is 0 Å². The van der Waals surface area contributed by atoms with E-state index < -0.39 is 15.4 Å². The number of benzene rings is 2. The molecule has 3 aliphatic carbocycles. The molecule has 0 unspecified atom stereocenters. The normalized spacial score (nSPS) is 24.3. The molecule has 3 saturated carbocycles. The zero-order valence-electron chi connectivity index (χ0n) is 21.7. The van der Waals surface area contributed by atoms with Crippen LogP contribution in [0.4, 0.5) is 0 Å². The Morgan fingerprint density at radius 3 is 2.47 bits per heavy atom.